The highest BCUT2D eigenvalue weighted by Gasteiger charge is 2.30. The van der Waals surface area contributed by atoms with E-state index in [1.54, 1.807) is 7.11 Å². The first-order valence-corrected chi connectivity index (χ1v) is 7.77. The largest absolute Gasteiger partial charge is 0.496 e. The third kappa shape index (κ3) is 3.57. The predicted molar refractivity (Wildman–Crippen MR) is 86.1 cm³/mol. The summed E-state index contributed by atoms with van der Waals surface area (Å²) < 4.78 is 11.7. The van der Waals surface area contributed by atoms with Crippen LogP contribution in [0.3, 0.4) is 0 Å². The van der Waals surface area contributed by atoms with Crippen molar-refractivity contribution in [3.8, 4) is 5.75 Å². The van der Waals surface area contributed by atoms with Gasteiger partial charge in [0.2, 0.25) is 0 Å². The van der Waals surface area contributed by atoms with E-state index in [4.69, 9.17) is 9.47 Å². The second-order valence-electron chi connectivity index (χ2n) is 5.77. The molecule has 1 N–H and O–H groups in total. The quantitative estimate of drug-likeness (QED) is 0.903. The van der Waals surface area contributed by atoms with Gasteiger partial charge < -0.3 is 14.8 Å². The molecule has 21 heavy (non-hydrogen) atoms. The molecule has 1 saturated heterocycles. The third-order valence-corrected chi connectivity index (χ3v) is 4.33. The SMILES string of the molecule is CCN1CCOC(C(NC)c2c(C)cc(C)cc2OC)C1. The van der Waals surface area contributed by atoms with Crippen molar-refractivity contribution in [3.63, 3.8) is 0 Å². The molecule has 2 atom stereocenters. The van der Waals surface area contributed by atoms with Gasteiger partial charge in [0.15, 0.2) is 0 Å². The molecule has 0 spiro atoms. The van der Waals surface area contributed by atoms with E-state index in [0.29, 0.717) is 0 Å². The molecule has 0 aromatic heterocycles. The molecule has 0 aliphatic carbocycles. The smallest absolute Gasteiger partial charge is 0.124 e. The summed E-state index contributed by atoms with van der Waals surface area (Å²) >= 11 is 0. The van der Waals surface area contributed by atoms with Crippen LogP contribution in [0.15, 0.2) is 12.1 Å². The van der Waals surface area contributed by atoms with Gasteiger partial charge in [0, 0.05) is 18.7 Å². The first kappa shape index (κ1) is 16.3. The summed E-state index contributed by atoms with van der Waals surface area (Å²) in [5.41, 5.74) is 3.69. The molecule has 0 bridgehead atoms. The van der Waals surface area contributed by atoms with Crippen LogP contribution < -0.4 is 10.1 Å². The van der Waals surface area contributed by atoms with Crippen LogP contribution in [-0.2, 0) is 4.74 Å². The van der Waals surface area contributed by atoms with Gasteiger partial charge >= 0.3 is 0 Å². The summed E-state index contributed by atoms with van der Waals surface area (Å²) in [6, 6.07) is 4.46. The monoisotopic (exact) mass is 292 g/mol. The Morgan fingerprint density at radius 3 is 2.81 bits per heavy atom. The second-order valence-corrected chi connectivity index (χ2v) is 5.77. The Kier molecular flexibility index (Phi) is 5.62. The standard InChI is InChI=1S/C17H28N2O2/c1-6-19-7-8-21-15(11-19)17(18-4)16-13(3)9-12(2)10-14(16)20-5/h9-10,15,17-18H,6-8,11H2,1-5H3. The molecule has 1 fully saturated rings. The van der Waals surface area contributed by atoms with Gasteiger partial charge in [-0.3, -0.25) is 4.90 Å². The van der Waals surface area contributed by atoms with Crippen molar-refractivity contribution < 1.29 is 9.47 Å². The molecule has 0 radical (unpaired) electrons. The lowest BCUT2D eigenvalue weighted by Gasteiger charge is -2.37. The lowest BCUT2D eigenvalue weighted by Crippen LogP contribution is -2.47. The Morgan fingerprint density at radius 2 is 2.19 bits per heavy atom. The minimum absolute atomic E-state index is 0.148. The maximum Gasteiger partial charge on any atom is 0.124 e. The summed E-state index contributed by atoms with van der Waals surface area (Å²) in [6.45, 7) is 10.3. The van der Waals surface area contributed by atoms with Crippen molar-refractivity contribution >= 4 is 0 Å². The number of methoxy groups -OCH3 is 1. The average molecular weight is 292 g/mol. The van der Waals surface area contributed by atoms with Crippen molar-refractivity contribution in [1.82, 2.24) is 10.2 Å². The molecule has 118 valence electrons. The Bertz CT molecular complexity index is 476. The van der Waals surface area contributed by atoms with Crippen LogP contribution in [0.5, 0.6) is 5.75 Å². The number of nitrogens with zero attached hydrogens (tertiary/aromatic N) is 1. The van der Waals surface area contributed by atoms with Gasteiger partial charge in [-0.25, -0.2) is 0 Å². The lowest BCUT2D eigenvalue weighted by atomic mass is 9.93. The molecule has 0 amide bonds. The average Bonchev–Trinajstić information content (AvgIpc) is 2.49. The molecular formula is C17H28N2O2. The van der Waals surface area contributed by atoms with Gasteiger partial charge in [0.1, 0.15) is 5.75 Å². The number of nitrogens with one attached hydrogen (secondary N) is 1. The number of hydrogen-bond acceptors (Lipinski definition) is 4. The van der Waals surface area contributed by atoms with Gasteiger partial charge in [0.05, 0.1) is 25.9 Å². The number of rotatable bonds is 5. The van der Waals surface area contributed by atoms with E-state index in [1.165, 1.54) is 16.7 Å². The number of morpholine rings is 1. The Hall–Kier alpha value is -1.10. The van der Waals surface area contributed by atoms with Crippen molar-refractivity contribution in [2.45, 2.75) is 32.9 Å². The summed E-state index contributed by atoms with van der Waals surface area (Å²) in [7, 11) is 3.74. The van der Waals surface area contributed by atoms with Crippen LogP contribution in [0.25, 0.3) is 0 Å². The minimum Gasteiger partial charge on any atom is -0.496 e. The molecule has 1 aromatic rings. The first-order chi connectivity index (χ1) is 10.1. The first-order valence-electron chi connectivity index (χ1n) is 7.77. The fourth-order valence-corrected chi connectivity index (χ4v) is 3.24. The second kappa shape index (κ2) is 7.25. The summed E-state index contributed by atoms with van der Waals surface area (Å²) in [4.78, 5) is 2.44. The molecule has 1 aromatic carbocycles. The molecule has 2 unspecified atom stereocenters. The van der Waals surface area contributed by atoms with E-state index >= 15 is 0 Å². The maximum atomic E-state index is 6.04. The molecule has 1 heterocycles. The fraction of sp³-hybridized carbons (Fsp3) is 0.647. The molecule has 1 aliphatic heterocycles. The van der Waals surface area contributed by atoms with Crippen molar-refractivity contribution in [2.75, 3.05) is 40.4 Å². The van der Waals surface area contributed by atoms with Gasteiger partial charge in [-0.15, -0.1) is 0 Å². The highest BCUT2D eigenvalue weighted by Crippen LogP contribution is 2.33. The third-order valence-electron chi connectivity index (χ3n) is 4.33. The predicted octanol–water partition coefficient (Wildman–Crippen LogP) is 2.29. The molecule has 2 rings (SSSR count). The van der Waals surface area contributed by atoms with Crippen LogP contribution in [-0.4, -0.2) is 51.4 Å². The fourth-order valence-electron chi connectivity index (χ4n) is 3.24. The van der Waals surface area contributed by atoms with Gasteiger partial charge in [-0.1, -0.05) is 13.0 Å². The summed E-state index contributed by atoms with van der Waals surface area (Å²) in [5.74, 6) is 0.948. The van der Waals surface area contributed by atoms with Crippen LogP contribution in [0, 0.1) is 13.8 Å². The summed E-state index contributed by atoms with van der Waals surface area (Å²) in [5, 5.41) is 3.44. The van der Waals surface area contributed by atoms with Crippen molar-refractivity contribution in [2.24, 2.45) is 0 Å². The van der Waals surface area contributed by atoms with E-state index in [9.17, 15) is 0 Å². The lowest BCUT2D eigenvalue weighted by molar-refractivity contribution is -0.0448. The highest BCUT2D eigenvalue weighted by atomic mass is 16.5. The number of ether oxygens (including phenoxy) is 2. The van der Waals surface area contributed by atoms with E-state index in [0.717, 1.165) is 32.0 Å². The van der Waals surface area contributed by atoms with Crippen molar-refractivity contribution in [1.29, 1.82) is 0 Å². The van der Waals surface area contributed by atoms with Gasteiger partial charge in [0.25, 0.3) is 0 Å². The number of hydrogen-bond donors (Lipinski definition) is 1. The van der Waals surface area contributed by atoms with E-state index in [1.807, 2.05) is 7.05 Å². The zero-order valence-electron chi connectivity index (χ0n) is 13.9. The molecule has 0 saturated carbocycles. The minimum atomic E-state index is 0.148. The van der Waals surface area contributed by atoms with Gasteiger partial charge in [-0.05, 0) is 44.6 Å². The van der Waals surface area contributed by atoms with Crippen LogP contribution in [0.1, 0.15) is 29.7 Å². The zero-order valence-corrected chi connectivity index (χ0v) is 13.9. The number of aryl methyl sites for hydroxylation is 2. The van der Waals surface area contributed by atoms with Crippen LogP contribution >= 0.6 is 0 Å². The Balaban J connectivity index is 2.32. The normalized spacial score (nSPS) is 21.3. The van der Waals surface area contributed by atoms with Gasteiger partial charge in [-0.2, -0.15) is 0 Å². The molecular weight excluding hydrogens is 264 g/mol. The number of likely N-dealkylation sites (N-methyl/N-ethyl adjacent to an activating group) is 2. The van der Waals surface area contributed by atoms with E-state index in [-0.39, 0.29) is 12.1 Å². The topological polar surface area (TPSA) is 33.7 Å². The van der Waals surface area contributed by atoms with Crippen molar-refractivity contribution in [3.05, 3.63) is 28.8 Å². The number of benzene rings is 1. The van der Waals surface area contributed by atoms with Crippen LogP contribution in [0.2, 0.25) is 0 Å². The van der Waals surface area contributed by atoms with Crippen LogP contribution in [0.4, 0.5) is 0 Å². The highest BCUT2D eigenvalue weighted by molar-refractivity contribution is 5.45. The Morgan fingerprint density at radius 1 is 1.43 bits per heavy atom. The molecule has 4 heteroatoms. The van der Waals surface area contributed by atoms with E-state index < -0.39 is 0 Å². The Labute approximate surface area is 128 Å². The summed E-state index contributed by atoms with van der Waals surface area (Å²) in [6.07, 6.45) is 0.152. The molecule has 1 aliphatic rings. The molecule has 4 nitrogen and oxygen atoms in total. The van der Waals surface area contributed by atoms with E-state index in [2.05, 4.69) is 43.1 Å². The zero-order chi connectivity index (χ0) is 15.4. The maximum absolute atomic E-state index is 6.04.